The lowest BCUT2D eigenvalue weighted by molar-refractivity contribution is 0.242. The molecule has 0 saturated carbocycles. The fourth-order valence-corrected chi connectivity index (χ4v) is 1.36. The van der Waals surface area contributed by atoms with Gasteiger partial charge in [-0.2, -0.15) is 4.98 Å². The molecule has 0 fully saturated rings. The van der Waals surface area contributed by atoms with Crippen molar-refractivity contribution in [2.75, 3.05) is 12.4 Å². The van der Waals surface area contributed by atoms with Crippen LogP contribution < -0.4 is 10.1 Å². The highest BCUT2D eigenvalue weighted by molar-refractivity contribution is 5.45. The van der Waals surface area contributed by atoms with Crippen molar-refractivity contribution in [2.24, 2.45) is 0 Å². The first-order chi connectivity index (χ1) is 8.31. The molecule has 0 atom stereocenters. The number of hydrogen-bond donors (Lipinski definition) is 1. The third-order valence-electron chi connectivity index (χ3n) is 2.33. The topological polar surface area (TPSA) is 60.2 Å². The molecule has 0 amide bonds. The molecule has 1 N–H and O–H groups in total. The zero-order valence-corrected chi connectivity index (χ0v) is 9.93. The number of rotatable bonds is 5. The maximum absolute atomic E-state index is 5.53. The predicted molar refractivity (Wildman–Crippen MR) is 64.0 cm³/mol. The summed E-state index contributed by atoms with van der Waals surface area (Å²) in [6.07, 6.45) is 0.764. The number of nitrogens with zero attached hydrogens (tertiary/aromatic N) is 2. The summed E-state index contributed by atoms with van der Waals surface area (Å²) in [7, 11) is 1.88. The molecule has 0 bridgehead atoms. The molecule has 0 aliphatic heterocycles. The average molecular weight is 233 g/mol. The van der Waals surface area contributed by atoms with Crippen LogP contribution in [0, 0.1) is 0 Å². The summed E-state index contributed by atoms with van der Waals surface area (Å²) in [5.41, 5.74) is 1.04. The van der Waals surface area contributed by atoms with Gasteiger partial charge in [0.05, 0.1) is 0 Å². The Bertz CT molecular complexity index is 465. The van der Waals surface area contributed by atoms with E-state index in [0.29, 0.717) is 18.3 Å². The predicted octanol–water partition coefficient (Wildman–Crippen LogP) is 2.25. The second-order valence-electron chi connectivity index (χ2n) is 3.52. The largest absolute Gasteiger partial charge is 0.484 e. The van der Waals surface area contributed by atoms with Gasteiger partial charge in [-0.25, -0.2) is 0 Å². The van der Waals surface area contributed by atoms with Crippen molar-refractivity contribution >= 4 is 5.69 Å². The standard InChI is InChI=1S/C12H15N3O2/c1-3-11-14-12(17-15-11)8-16-10-6-4-9(13-2)5-7-10/h4-7,13H,3,8H2,1-2H3. The molecule has 0 aliphatic carbocycles. The number of anilines is 1. The Balaban J connectivity index is 1.92. The SMILES string of the molecule is CCc1noc(COc2ccc(NC)cc2)n1. The van der Waals surface area contributed by atoms with E-state index in [2.05, 4.69) is 15.5 Å². The van der Waals surface area contributed by atoms with Gasteiger partial charge in [0.15, 0.2) is 12.4 Å². The summed E-state index contributed by atoms with van der Waals surface area (Å²) in [6.45, 7) is 2.28. The van der Waals surface area contributed by atoms with E-state index < -0.39 is 0 Å². The average Bonchev–Trinajstić information content (AvgIpc) is 2.85. The van der Waals surface area contributed by atoms with Crippen LogP contribution in [0.25, 0.3) is 0 Å². The number of benzene rings is 1. The number of aromatic nitrogens is 2. The maximum Gasteiger partial charge on any atom is 0.264 e. The Labute approximate surface area is 99.8 Å². The Morgan fingerprint density at radius 3 is 2.65 bits per heavy atom. The third kappa shape index (κ3) is 2.96. The summed E-state index contributed by atoms with van der Waals surface area (Å²) in [4.78, 5) is 4.16. The lowest BCUT2D eigenvalue weighted by Gasteiger charge is -2.04. The van der Waals surface area contributed by atoms with Crippen LogP contribution in [0.2, 0.25) is 0 Å². The lowest BCUT2D eigenvalue weighted by Crippen LogP contribution is -1.96. The Kier molecular flexibility index (Phi) is 3.59. The zero-order valence-electron chi connectivity index (χ0n) is 9.93. The highest BCUT2D eigenvalue weighted by atomic mass is 16.5. The van der Waals surface area contributed by atoms with Gasteiger partial charge in [0.25, 0.3) is 5.89 Å². The van der Waals surface area contributed by atoms with Crippen LogP contribution in [0.15, 0.2) is 28.8 Å². The van der Waals surface area contributed by atoms with Crippen molar-refractivity contribution in [3.05, 3.63) is 36.0 Å². The minimum Gasteiger partial charge on any atom is -0.484 e. The molecule has 1 heterocycles. The van der Waals surface area contributed by atoms with E-state index >= 15 is 0 Å². The minimum atomic E-state index is 0.298. The van der Waals surface area contributed by atoms with Crippen molar-refractivity contribution in [2.45, 2.75) is 20.0 Å². The second-order valence-corrected chi connectivity index (χ2v) is 3.52. The number of nitrogens with one attached hydrogen (secondary N) is 1. The monoisotopic (exact) mass is 233 g/mol. The van der Waals surface area contributed by atoms with E-state index in [0.717, 1.165) is 17.9 Å². The zero-order chi connectivity index (χ0) is 12.1. The van der Waals surface area contributed by atoms with Gasteiger partial charge in [0, 0.05) is 19.2 Å². The van der Waals surface area contributed by atoms with Gasteiger partial charge >= 0.3 is 0 Å². The number of hydrogen-bond acceptors (Lipinski definition) is 5. The van der Waals surface area contributed by atoms with Crippen LogP contribution in [0.1, 0.15) is 18.6 Å². The minimum absolute atomic E-state index is 0.298. The smallest absolute Gasteiger partial charge is 0.264 e. The van der Waals surface area contributed by atoms with E-state index in [9.17, 15) is 0 Å². The van der Waals surface area contributed by atoms with E-state index in [1.165, 1.54) is 0 Å². The van der Waals surface area contributed by atoms with E-state index in [1.807, 2.05) is 38.2 Å². The first-order valence-corrected chi connectivity index (χ1v) is 5.54. The van der Waals surface area contributed by atoms with Crippen LogP contribution in [0.3, 0.4) is 0 Å². The Morgan fingerprint density at radius 1 is 1.29 bits per heavy atom. The van der Waals surface area contributed by atoms with Crippen LogP contribution in [0.4, 0.5) is 5.69 Å². The fraction of sp³-hybridized carbons (Fsp3) is 0.333. The molecular formula is C12H15N3O2. The normalized spacial score (nSPS) is 10.2. The maximum atomic E-state index is 5.53. The van der Waals surface area contributed by atoms with E-state index in [4.69, 9.17) is 9.26 Å². The Morgan fingerprint density at radius 2 is 2.06 bits per heavy atom. The first kappa shape index (κ1) is 11.4. The number of ether oxygens (including phenoxy) is 1. The van der Waals surface area contributed by atoms with Crippen molar-refractivity contribution < 1.29 is 9.26 Å². The molecule has 0 radical (unpaired) electrons. The molecule has 1 aromatic heterocycles. The molecule has 0 saturated heterocycles. The molecule has 0 unspecified atom stereocenters. The molecule has 5 nitrogen and oxygen atoms in total. The molecule has 0 aliphatic rings. The lowest BCUT2D eigenvalue weighted by atomic mass is 10.3. The quantitative estimate of drug-likeness (QED) is 0.858. The molecule has 2 rings (SSSR count). The van der Waals surface area contributed by atoms with Crippen molar-refractivity contribution in [3.63, 3.8) is 0 Å². The Hall–Kier alpha value is -2.04. The summed E-state index contributed by atoms with van der Waals surface area (Å²) >= 11 is 0. The van der Waals surface area contributed by atoms with Crippen molar-refractivity contribution in [3.8, 4) is 5.75 Å². The van der Waals surface area contributed by atoms with Gasteiger partial charge in [-0.05, 0) is 24.3 Å². The van der Waals surface area contributed by atoms with Crippen LogP contribution in [-0.2, 0) is 13.0 Å². The van der Waals surface area contributed by atoms with Gasteiger partial charge in [-0.1, -0.05) is 12.1 Å². The third-order valence-corrected chi connectivity index (χ3v) is 2.33. The van der Waals surface area contributed by atoms with E-state index in [1.54, 1.807) is 0 Å². The van der Waals surface area contributed by atoms with Crippen LogP contribution >= 0.6 is 0 Å². The summed E-state index contributed by atoms with van der Waals surface area (Å²) < 4.78 is 10.5. The fourth-order valence-electron chi connectivity index (χ4n) is 1.36. The first-order valence-electron chi connectivity index (χ1n) is 5.54. The van der Waals surface area contributed by atoms with Crippen LogP contribution in [-0.4, -0.2) is 17.2 Å². The molecule has 5 heteroatoms. The molecule has 17 heavy (non-hydrogen) atoms. The van der Waals surface area contributed by atoms with Gasteiger partial charge in [-0.15, -0.1) is 0 Å². The molecular weight excluding hydrogens is 218 g/mol. The summed E-state index contributed by atoms with van der Waals surface area (Å²) in [6, 6.07) is 7.67. The van der Waals surface area contributed by atoms with Gasteiger partial charge in [0.1, 0.15) is 5.75 Å². The molecule has 1 aromatic carbocycles. The number of aryl methyl sites for hydroxylation is 1. The highest BCUT2D eigenvalue weighted by Crippen LogP contribution is 2.16. The second kappa shape index (κ2) is 5.34. The van der Waals surface area contributed by atoms with Crippen molar-refractivity contribution in [1.82, 2.24) is 10.1 Å². The van der Waals surface area contributed by atoms with Gasteiger partial charge < -0.3 is 14.6 Å². The van der Waals surface area contributed by atoms with Crippen LogP contribution in [0.5, 0.6) is 5.75 Å². The van der Waals surface area contributed by atoms with E-state index in [-0.39, 0.29) is 0 Å². The molecule has 0 spiro atoms. The van der Waals surface area contributed by atoms with Gasteiger partial charge in [0.2, 0.25) is 0 Å². The molecule has 90 valence electrons. The summed E-state index contributed by atoms with van der Waals surface area (Å²) in [5.74, 6) is 1.98. The van der Waals surface area contributed by atoms with Gasteiger partial charge in [-0.3, -0.25) is 0 Å². The highest BCUT2D eigenvalue weighted by Gasteiger charge is 2.05. The molecule has 2 aromatic rings. The van der Waals surface area contributed by atoms with Crippen molar-refractivity contribution in [1.29, 1.82) is 0 Å². The summed E-state index contributed by atoms with van der Waals surface area (Å²) in [5, 5.41) is 6.84.